The molecular formula is C19H18N6O3. The van der Waals surface area contributed by atoms with Crippen LogP contribution in [-0.2, 0) is 9.53 Å². The molecule has 2 fully saturated rings. The molecule has 1 unspecified atom stereocenters. The third-order valence-electron chi connectivity index (χ3n) is 4.81. The zero-order valence-electron chi connectivity index (χ0n) is 15.0. The van der Waals surface area contributed by atoms with Crippen LogP contribution in [0.4, 0.5) is 5.82 Å². The van der Waals surface area contributed by atoms with Gasteiger partial charge in [-0.15, -0.1) is 0 Å². The Morgan fingerprint density at radius 1 is 1.36 bits per heavy atom. The monoisotopic (exact) mass is 378 g/mol. The number of nitrogens with one attached hydrogen (secondary N) is 1. The Morgan fingerprint density at radius 3 is 2.89 bits per heavy atom. The fourth-order valence-electron chi connectivity index (χ4n) is 3.18. The lowest BCUT2D eigenvalue weighted by Crippen LogP contribution is -2.38. The fourth-order valence-corrected chi connectivity index (χ4v) is 3.18. The van der Waals surface area contributed by atoms with Crippen molar-refractivity contribution >= 4 is 11.7 Å². The smallest absolute Gasteiger partial charge is 0.230 e. The maximum atomic E-state index is 12.4. The molecule has 1 amide bonds. The molecular weight excluding hydrogens is 360 g/mol. The van der Waals surface area contributed by atoms with Crippen LogP contribution in [0.25, 0.3) is 5.69 Å². The molecule has 0 saturated carbocycles. The predicted octanol–water partition coefficient (Wildman–Crippen LogP) is 1.26. The fraction of sp³-hybridized carbons (Fsp3) is 0.368. The highest BCUT2D eigenvalue weighted by Gasteiger charge is 2.28. The molecule has 1 aromatic heterocycles. The van der Waals surface area contributed by atoms with E-state index >= 15 is 0 Å². The van der Waals surface area contributed by atoms with Crippen LogP contribution in [0.3, 0.4) is 0 Å². The third-order valence-corrected chi connectivity index (χ3v) is 4.81. The van der Waals surface area contributed by atoms with E-state index in [0.29, 0.717) is 55.5 Å². The highest BCUT2D eigenvalue weighted by atomic mass is 16.6. The van der Waals surface area contributed by atoms with Gasteiger partial charge < -0.3 is 24.3 Å². The second-order valence-electron chi connectivity index (χ2n) is 6.76. The van der Waals surface area contributed by atoms with Gasteiger partial charge in [-0.3, -0.25) is 4.79 Å². The van der Waals surface area contributed by atoms with Gasteiger partial charge in [0.1, 0.15) is 24.3 Å². The molecule has 1 atom stereocenters. The van der Waals surface area contributed by atoms with Crippen LogP contribution in [-0.4, -0.2) is 52.8 Å². The first-order valence-electron chi connectivity index (χ1n) is 8.94. The van der Waals surface area contributed by atoms with E-state index in [-0.39, 0.29) is 17.9 Å². The number of carbonyl (C=O) groups excluding carboxylic acids is 1. The number of amides is 1. The lowest BCUT2D eigenvalue weighted by atomic mass is 10.1. The number of benzene rings is 1. The molecule has 2 aliphatic rings. The van der Waals surface area contributed by atoms with Gasteiger partial charge in [-0.2, -0.15) is 10.5 Å². The van der Waals surface area contributed by atoms with Crippen LogP contribution in [0.5, 0.6) is 5.75 Å². The maximum absolute atomic E-state index is 12.4. The molecule has 0 radical (unpaired) electrons. The second-order valence-corrected chi connectivity index (χ2v) is 6.76. The summed E-state index contributed by atoms with van der Waals surface area (Å²) >= 11 is 0. The molecule has 9 heteroatoms. The number of hydrogen-bond donors (Lipinski definition) is 1. The Bertz CT molecular complexity index is 969. The SMILES string of the molecule is N#Cc1ccc(OC2COC2)cc1-n1cnc(NC(=O)C2CCN(C#N)C2)c1. The lowest BCUT2D eigenvalue weighted by molar-refractivity contribution is -0.119. The quantitative estimate of drug-likeness (QED) is 0.779. The number of imidazole rings is 1. The summed E-state index contributed by atoms with van der Waals surface area (Å²) in [6.07, 6.45) is 5.92. The molecule has 2 aliphatic heterocycles. The number of rotatable bonds is 5. The number of anilines is 1. The molecule has 3 heterocycles. The van der Waals surface area contributed by atoms with Gasteiger partial charge in [-0.05, 0) is 18.6 Å². The van der Waals surface area contributed by atoms with Gasteiger partial charge in [0.15, 0.2) is 12.0 Å². The Balaban J connectivity index is 1.49. The minimum atomic E-state index is -0.235. The minimum Gasteiger partial charge on any atom is -0.486 e. The summed E-state index contributed by atoms with van der Waals surface area (Å²) in [6, 6.07) is 7.37. The molecule has 0 spiro atoms. The summed E-state index contributed by atoms with van der Waals surface area (Å²) in [4.78, 5) is 18.2. The summed E-state index contributed by atoms with van der Waals surface area (Å²) in [7, 11) is 0. The number of nitrogens with zero attached hydrogens (tertiary/aromatic N) is 5. The molecule has 2 aromatic rings. The van der Waals surface area contributed by atoms with Crippen molar-refractivity contribution in [3.63, 3.8) is 0 Å². The normalized spacial score (nSPS) is 18.8. The largest absolute Gasteiger partial charge is 0.486 e. The summed E-state index contributed by atoms with van der Waals surface area (Å²) < 4.78 is 12.6. The van der Waals surface area contributed by atoms with E-state index < -0.39 is 0 Å². The Morgan fingerprint density at radius 2 is 2.21 bits per heavy atom. The van der Waals surface area contributed by atoms with Crippen LogP contribution in [0.1, 0.15) is 12.0 Å². The second kappa shape index (κ2) is 7.59. The number of nitriles is 2. The van der Waals surface area contributed by atoms with Crippen molar-refractivity contribution in [1.29, 1.82) is 10.5 Å². The van der Waals surface area contributed by atoms with Crippen LogP contribution >= 0.6 is 0 Å². The summed E-state index contributed by atoms with van der Waals surface area (Å²) in [5.74, 6) is 0.638. The Labute approximate surface area is 161 Å². The maximum Gasteiger partial charge on any atom is 0.230 e. The van der Waals surface area contributed by atoms with Gasteiger partial charge in [0.25, 0.3) is 0 Å². The van der Waals surface area contributed by atoms with E-state index in [1.807, 2.05) is 0 Å². The van der Waals surface area contributed by atoms with E-state index in [1.165, 1.54) is 6.33 Å². The zero-order valence-corrected chi connectivity index (χ0v) is 15.0. The lowest BCUT2D eigenvalue weighted by Gasteiger charge is -2.27. The first-order valence-corrected chi connectivity index (χ1v) is 8.94. The van der Waals surface area contributed by atoms with Crippen molar-refractivity contribution in [2.45, 2.75) is 12.5 Å². The summed E-state index contributed by atoms with van der Waals surface area (Å²) in [6.45, 7) is 2.13. The van der Waals surface area contributed by atoms with Gasteiger partial charge >= 0.3 is 0 Å². The van der Waals surface area contributed by atoms with Gasteiger partial charge in [0, 0.05) is 19.2 Å². The molecule has 1 aromatic carbocycles. The van der Waals surface area contributed by atoms with Crippen LogP contribution in [0.2, 0.25) is 0 Å². The van der Waals surface area contributed by atoms with Crippen molar-refractivity contribution in [2.75, 3.05) is 31.6 Å². The van der Waals surface area contributed by atoms with Crippen molar-refractivity contribution < 1.29 is 14.3 Å². The van der Waals surface area contributed by atoms with Gasteiger partial charge in [-0.1, -0.05) is 0 Å². The first-order chi connectivity index (χ1) is 13.7. The van der Waals surface area contributed by atoms with E-state index in [1.54, 1.807) is 33.9 Å². The zero-order chi connectivity index (χ0) is 19.5. The predicted molar refractivity (Wildman–Crippen MR) is 97.4 cm³/mol. The molecule has 0 aliphatic carbocycles. The molecule has 9 nitrogen and oxygen atoms in total. The number of likely N-dealkylation sites (tertiary alicyclic amines) is 1. The van der Waals surface area contributed by atoms with Crippen molar-refractivity contribution in [2.24, 2.45) is 5.92 Å². The third kappa shape index (κ3) is 3.61. The van der Waals surface area contributed by atoms with Gasteiger partial charge in [0.05, 0.1) is 36.6 Å². The average molecular weight is 378 g/mol. The Hall–Kier alpha value is -3.56. The van der Waals surface area contributed by atoms with Gasteiger partial charge in [-0.25, -0.2) is 4.98 Å². The molecule has 4 rings (SSSR count). The molecule has 28 heavy (non-hydrogen) atoms. The van der Waals surface area contributed by atoms with E-state index in [4.69, 9.17) is 14.7 Å². The number of carbonyl (C=O) groups is 1. The van der Waals surface area contributed by atoms with Crippen LogP contribution in [0.15, 0.2) is 30.7 Å². The van der Waals surface area contributed by atoms with Crippen molar-refractivity contribution in [3.05, 3.63) is 36.3 Å². The van der Waals surface area contributed by atoms with E-state index in [2.05, 4.69) is 22.6 Å². The molecule has 2 saturated heterocycles. The summed E-state index contributed by atoms with van der Waals surface area (Å²) in [5.41, 5.74) is 1.08. The van der Waals surface area contributed by atoms with Crippen LogP contribution < -0.4 is 10.1 Å². The van der Waals surface area contributed by atoms with E-state index in [0.717, 1.165) is 0 Å². The van der Waals surface area contributed by atoms with E-state index in [9.17, 15) is 10.1 Å². The average Bonchev–Trinajstić information content (AvgIpc) is 3.34. The minimum absolute atomic E-state index is 0.0257. The molecule has 0 bridgehead atoms. The highest BCUT2D eigenvalue weighted by molar-refractivity contribution is 5.92. The number of ether oxygens (including phenoxy) is 2. The van der Waals surface area contributed by atoms with Crippen molar-refractivity contribution in [1.82, 2.24) is 14.5 Å². The van der Waals surface area contributed by atoms with Crippen molar-refractivity contribution in [3.8, 4) is 23.7 Å². The van der Waals surface area contributed by atoms with Crippen LogP contribution in [0, 0.1) is 28.7 Å². The molecule has 142 valence electrons. The highest BCUT2D eigenvalue weighted by Crippen LogP contribution is 2.25. The number of hydrogen-bond acceptors (Lipinski definition) is 7. The topological polar surface area (TPSA) is 116 Å². The standard InChI is InChI=1S/C19H18N6O3/c20-6-13-1-2-15(28-16-9-27-10-16)5-17(13)25-8-18(22-12-25)23-19(26)14-3-4-24(7-14)11-21/h1-2,5,8,12,14,16H,3-4,7,9-10H2,(H,23,26). The molecule has 1 N–H and O–H groups in total. The first kappa shape index (κ1) is 17.8. The van der Waals surface area contributed by atoms with Gasteiger partial charge in [0.2, 0.25) is 5.91 Å². The Kier molecular flexibility index (Phi) is 4.83. The number of aromatic nitrogens is 2. The summed E-state index contributed by atoms with van der Waals surface area (Å²) in [5, 5.41) is 21.1.